The van der Waals surface area contributed by atoms with Crippen LogP contribution in [0.25, 0.3) is 0 Å². The molecule has 0 aliphatic carbocycles. The summed E-state index contributed by atoms with van der Waals surface area (Å²) in [4.78, 5) is 13.7. The number of carbonyl (C=O) groups is 1. The molecule has 0 radical (unpaired) electrons. The first-order chi connectivity index (χ1) is 8.28. The fourth-order valence-corrected chi connectivity index (χ4v) is 2.67. The Hall–Kier alpha value is -1.04. The van der Waals surface area contributed by atoms with Crippen LogP contribution < -0.4 is 0 Å². The lowest BCUT2D eigenvalue weighted by Crippen LogP contribution is -2.40. The molecule has 6 heteroatoms. The quantitative estimate of drug-likeness (QED) is 0.739. The summed E-state index contributed by atoms with van der Waals surface area (Å²) < 4.78 is 8.08. The molecule has 0 fully saturated rings. The van der Waals surface area contributed by atoms with Crippen LogP contribution >= 0.6 is 15.9 Å². The number of nitrogens with zero attached hydrogens (tertiary/aromatic N) is 3. The van der Waals surface area contributed by atoms with E-state index in [0.717, 1.165) is 16.7 Å². The van der Waals surface area contributed by atoms with Crippen molar-refractivity contribution >= 4 is 22.0 Å². The highest BCUT2D eigenvalue weighted by Crippen LogP contribution is 2.26. The van der Waals surface area contributed by atoms with E-state index in [1.807, 2.05) is 32.5 Å². The van der Waals surface area contributed by atoms with Gasteiger partial charge >= 0.3 is 6.09 Å². The van der Waals surface area contributed by atoms with E-state index in [9.17, 15) is 4.79 Å². The molecule has 5 nitrogen and oxygen atoms in total. The Bertz CT molecular complexity index is 476. The van der Waals surface area contributed by atoms with Gasteiger partial charge in [-0.05, 0) is 43.1 Å². The number of aryl methyl sites for hydroxylation is 1. The summed E-state index contributed by atoms with van der Waals surface area (Å²) in [5.41, 5.74) is 1.81. The minimum Gasteiger partial charge on any atom is -0.444 e. The zero-order valence-electron chi connectivity index (χ0n) is 11.2. The first kappa shape index (κ1) is 13.4. The van der Waals surface area contributed by atoms with E-state index in [4.69, 9.17) is 4.74 Å². The van der Waals surface area contributed by atoms with E-state index in [-0.39, 0.29) is 6.09 Å². The maximum Gasteiger partial charge on any atom is 0.410 e. The van der Waals surface area contributed by atoms with Gasteiger partial charge in [0.2, 0.25) is 0 Å². The van der Waals surface area contributed by atoms with Gasteiger partial charge in [-0.15, -0.1) is 0 Å². The molecule has 1 aliphatic rings. The Morgan fingerprint density at radius 2 is 2.11 bits per heavy atom. The smallest absolute Gasteiger partial charge is 0.410 e. The van der Waals surface area contributed by atoms with E-state index in [1.165, 1.54) is 5.56 Å². The van der Waals surface area contributed by atoms with Gasteiger partial charge in [0.15, 0.2) is 0 Å². The average Bonchev–Trinajstić information content (AvgIpc) is 2.52. The zero-order chi connectivity index (χ0) is 13.5. The minimum absolute atomic E-state index is 0.259. The van der Waals surface area contributed by atoms with Gasteiger partial charge in [0.25, 0.3) is 0 Å². The molecule has 18 heavy (non-hydrogen) atoms. The second kappa shape index (κ2) is 4.57. The number of rotatable bonds is 0. The fraction of sp³-hybridized carbons (Fsp3) is 0.667. The van der Waals surface area contributed by atoms with Crippen LogP contribution in [0.1, 0.15) is 32.0 Å². The van der Waals surface area contributed by atoms with Crippen molar-refractivity contribution < 1.29 is 9.53 Å². The van der Waals surface area contributed by atoms with Gasteiger partial charge in [-0.3, -0.25) is 4.68 Å². The third-order valence-electron chi connectivity index (χ3n) is 2.85. The van der Waals surface area contributed by atoms with E-state index >= 15 is 0 Å². The molecule has 1 aliphatic heterocycles. The zero-order valence-corrected chi connectivity index (χ0v) is 12.7. The number of hydrogen-bond donors (Lipinski definition) is 0. The lowest BCUT2D eigenvalue weighted by Gasteiger charge is -2.30. The van der Waals surface area contributed by atoms with Crippen LogP contribution in [0.2, 0.25) is 0 Å². The van der Waals surface area contributed by atoms with Gasteiger partial charge in [0.1, 0.15) is 10.2 Å². The van der Waals surface area contributed by atoms with Crippen molar-refractivity contribution in [3.8, 4) is 0 Å². The summed E-state index contributed by atoms with van der Waals surface area (Å²) in [5.74, 6) is 0. The Morgan fingerprint density at radius 3 is 2.72 bits per heavy atom. The highest BCUT2D eigenvalue weighted by molar-refractivity contribution is 9.10. The molecule has 1 aromatic rings. The summed E-state index contributed by atoms with van der Waals surface area (Å²) in [6, 6.07) is 0. The van der Waals surface area contributed by atoms with Crippen molar-refractivity contribution in [3.05, 3.63) is 15.9 Å². The van der Waals surface area contributed by atoms with Gasteiger partial charge in [0.05, 0.1) is 12.2 Å². The minimum atomic E-state index is -0.454. The molecule has 0 unspecified atom stereocenters. The Balaban J connectivity index is 2.12. The van der Waals surface area contributed by atoms with Gasteiger partial charge < -0.3 is 9.64 Å². The summed E-state index contributed by atoms with van der Waals surface area (Å²) in [7, 11) is 1.89. The fourth-order valence-electron chi connectivity index (χ4n) is 2.00. The molecule has 0 bridgehead atoms. The van der Waals surface area contributed by atoms with E-state index in [0.29, 0.717) is 13.1 Å². The predicted molar refractivity (Wildman–Crippen MR) is 71.3 cm³/mol. The van der Waals surface area contributed by atoms with Crippen LogP contribution in [-0.2, 0) is 24.8 Å². The summed E-state index contributed by atoms with van der Waals surface area (Å²) in [6.07, 6.45) is 0.550. The molecule has 100 valence electrons. The van der Waals surface area contributed by atoms with Gasteiger partial charge in [-0.25, -0.2) is 4.79 Å². The highest BCUT2D eigenvalue weighted by Gasteiger charge is 2.28. The maximum atomic E-state index is 12.0. The second-order valence-electron chi connectivity index (χ2n) is 5.49. The van der Waals surface area contributed by atoms with Crippen molar-refractivity contribution in [2.75, 3.05) is 6.54 Å². The molecule has 0 saturated heterocycles. The standard InChI is InChI=1S/C12H18BrN3O2/c1-12(2,3)18-11(17)16-6-5-8-9(7-16)15(4)14-10(8)13/h5-7H2,1-4H3. The van der Waals surface area contributed by atoms with Crippen molar-refractivity contribution in [2.45, 2.75) is 39.3 Å². The molecule has 0 atom stereocenters. The lowest BCUT2D eigenvalue weighted by atomic mass is 10.1. The maximum absolute atomic E-state index is 12.0. The summed E-state index contributed by atoms with van der Waals surface area (Å²) >= 11 is 3.44. The van der Waals surface area contributed by atoms with Gasteiger partial charge in [-0.1, -0.05) is 0 Å². The van der Waals surface area contributed by atoms with E-state index in [2.05, 4.69) is 21.0 Å². The van der Waals surface area contributed by atoms with E-state index in [1.54, 1.807) is 4.90 Å². The molecule has 0 saturated carbocycles. The van der Waals surface area contributed by atoms with E-state index < -0.39 is 5.60 Å². The number of fused-ring (bicyclic) bond motifs is 1. The van der Waals surface area contributed by atoms with Crippen molar-refractivity contribution in [3.63, 3.8) is 0 Å². The molecular weight excluding hydrogens is 298 g/mol. The van der Waals surface area contributed by atoms with Crippen LogP contribution in [0, 0.1) is 0 Å². The normalized spacial score (nSPS) is 15.5. The predicted octanol–water partition coefficient (Wildman–Crippen LogP) is 2.48. The first-order valence-corrected chi connectivity index (χ1v) is 6.75. The molecule has 1 aromatic heterocycles. The van der Waals surface area contributed by atoms with Crippen LogP contribution in [0.4, 0.5) is 4.79 Å². The van der Waals surface area contributed by atoms with Crippen LogP contribution in [-0.4, -0.2) is 32.9 Å². The highest BCUT2D eigenvalue weighted by atomic mass is 79.9. The number of hydrogen-bond acceptors (Lipinski definition) is 3. The van der Waals surface area contributed by atoms with Crippen molar-refractivity contribution in [2.24, 2.45) is 7.05 Å². The van der Waals surface area contributed by atoms with Crippen LogP contribution in [0.5, 0.6) is 0 Å². The molecule has 1 amide bonds. The first-order valence-electron chi connectivity index (χ1n) is 5.96. The summed E-state index contributed by atoms with van der Waals surface area (Å²) in [5, 5.41) is 4.32. The lowest BCUT2D eigenvalue weighted by molar-refractivity contribution is 0.0219. The molecule has 2 rings (SSSR count). The molecular formula is C12H18BrN3O2. The largest absolute Gasteiger partial charge is 0.444 e. The molecule has 0 spiro atoms. The SMILES string of the molecule is Cn1nc(Br)c2c1CN(C(=O)OC(C)(C)C)CC2. The number of amides is 1. The molecule has 0 aromatic carbocycles. The molecule has 0 N–H and O–H groups in total. The number of ether oxygens (including phenoxy) is 1. The van der Waals surface area contributed by atoms with Crippen LogP contribution in [0.15, 0.2) is 4.60 Å². The Morgan fingerprint density at radius 1 is 1.44 bits per heavy atom. The average molecular weight is 316 g/mol. The number of halogens is 1. The second-order valence-corrected chi connectivity index (χ2v) is 6.24. The van der Waals surface area contributed by atoms with Gasteiger partial charge in [0, 0.05) is 19.2 Å². The monoisotopic (exact) mass is 315 g/mol. The Kier molecular flexibility index (Phi) is 3.40. The van der Waals surface area contributed by atoms with Crippen molar-refractivity contribution in [1.29, 1.82) is 0 Å². The number of carbonyl (C=O) groups excluding carboxylic acids is 1. The topological polar surface area (TPSA) is 47.4 Å². The third-order valence-corrected chi connectivity index (χ3v) is 3.49. The molecule has 2 heterocycles. The third kappa shape index (κ3) is 2.68. The van der Waals surface area contributed by atoms with Gasteiger partial charge in [-0.2, -0.15) is 5.10 Å². The van der Waals surface area contributed by atoms with Crippen molar-refractivity contribution in [1.82, 2.24) is 14.7 Å². The number of aromatic nitrogens is 2. The van der Waals surface area contributed by atoms with Crippen LogP contribution in [0.3, 0.4) is 0 Å². The summed E-state index contributed by atoms with van der Waals surface area (Å²) in [6.45, 7) is 6.86. The Labute approximate surface area is 115 Å².